The predicted molar refractivity (Wildman–Crippen MR) is 136 cm³/mol. The van der Waals surface area contributed by atoms with Gasteiger partial charge in [-0.25, -0.2) is 19.0 Å². The fourth-order valence-electron chi connectivity index (χ4n) is 3.58. The lowest BCUT2D eigenvalue weighted by Crippen LogP contribution is -2.49. The van der Waals surface area contributed by atoms with Gasteiger partial charge in [0, 0.05) is 35.0 Å². The number of carboxylic acid groups (broad SMARTS) is 2. The molecule has 10 nitrogen and oxygen atoms in total. The lowest BCUT2D eigenvalue weighted by Gasteiger charge is -2.29. The van der Waals surface area contributed by atoms with E-state index >= 15 is 0 Å². The zero-order chi connectivity index (χ0) is 32.4. The molecule has 0 saturated heterocycles. The van der Waals surface area contributed by atoms with Crippen molar-refractivity contribution in [3.8, 4) is 22.5 Å². The van der Waals surface area contributed by atoms with Crippen molar-refractivity contribution in [2.45, 2.75) is 50.1 Å². The average molecular weight is 619 g/mol. The van der Waals surface area contributed by atoms with Gasteiger partial charge in [0.1, 0.15) is 5.82 Å². The van der Waals surface area contributed by atoms with Gasteiger partial charge in [-0.2, -0.15) is 26.3 Å². The highest BCUT2D eigenvalue weighted by Gasteiger charge is 2.38. The third kappa shape index (κ3) is 11.3. The van der Waals surface area contributed by atoms with Crippen LogP contribution in [0.1, 0.15) is 36.0 Å². The molecular weight excluding hydrogens is 595 g/mol. The van der Waals surface area contributed by atoms with Gasteiger partial charge in [0.15, 0.2) is 0 Å². The molecule has 0 aliphatic heterocycles. The summed E-state index contributed by atoms with van der Waals surface area (Å²) < 4.78 is 76.9. The van der Waals surface area contributed by atoms with Crippen LogP contribution in [0.4, 0.5) is 30.7 Å². The van der Waals surface area contributed by atoms with Crippen molar-refractivity contribution >= 4 is 17.8 Å². The van der Waals surface area contributed by atoms with E-state index in [2.05, 4.69) is 20.3 Å². The molecular formula is C26H24F7N5O5. The first kappa shape index (κ1) is 34.5. The highest BCUT2D eigenvalue weighted by molar-refractivity contribution is 5.94. The molecule has 1 fully saturated rings. The van der Waals surface area contributed by atoms with E-state index in [1.165, 1.54) is 6.07 Å². The molecule has 43 heavy (non-hydrogen) atoms. The predicted octanol–water partition coefficient (Wildman–Crippen LogP) is 4.61. The van der Waals surface area contributed by atoms with Gasteiger partial charge in [-0.15, -0.1) is 0 Å². The number of halogens is 7. The zero-order valence-electron chi connectivity index (χ0n) is 21.9. The van der Waals surface area contributed by atoms with Gasteiger partial charge in [-0.3, -0.25) is 14.8 Å². The number of benzene rings is 1. The molecule has 1 saturated carbocycles. The fourth-order valence-corrected chi connectivity index (χ4v) is 3.58. The summed E-state index contributed by atoms with van der Waals surface area (Å²) in [6.45, 7) is 0. The summed E-state index contributed by atoms with van der Waals surface area (Å²) in [4.78, 5) is 42.9. The molecule has 0 unspecified atom stereocenters. The molecule has 1 aliphatic carbocycles. The number of nitrogens with two attached hydrogens (primary N) is 1. The molecule has 0 bridgehead atoms. The fraction of sp³-hybridized carbons (Fsp3) is 0.308. The monoisotopic (exact) mass is 619 g/mol. The van der Waals surface area contributed by atoms with Crippen LogP contribution in [-0.2, 0) is 9.59 Å². The van der Waals surface area contributed by atoms with Crippen molar-refractivity contribution in [1.29, 1.82) is 0 Å². The molecule has 232 valence electrons. The number of carbonyl (C=O) groups excluding carboxylic acids is 1. The smallest absolute Gasteiger partial charge is 0.475 e. The maximum absolute atomic E-state index is 13.4. The van der Waals surface area contributed by atoms with E-state index < -0.39 is 30.1 Å². The molecule has 0 radical (unpaired) electrons. The third-order valence-electron chi connectivity index (χ3n) is 5.70. The summed E-state index contributed by atoms with van der Waals surface area (Å²) in [7, 11) is 0. The van der Waals surface area contributed by atoms with Gasteiger partial charge in [-0.1, -0.05) is 25.0 Å². The Kier molecular flexibility index (Phi) is 12.0. The maximum atomic E-state index is 13.4. The van der Waals surface area contributed by atoms with Crippen molar-refractivity contribution in [1.82, 2.24) is 20.3 Å². The van der Waals surface area contributed by atoms with Crippen molar-refractivity contribution in [3.63, 3.8) is 0 Å². The largest absolute Gasteiger partial charge is 0.490 e. The van der Waals surface area contributed by atoms with Crippen LogP contribution in [0.5, 0.6) is 0 Å². The van der Waals surface area contributed by atoms with Gasteiger partial charge >= 0.3 is 24.3 Å². The topological polar surface area (TPSA) is 168 Å². The molecule has 0 spiro atoms. The molecule has 5 N–H and O–H groups in total. The molecule has 3 aromatic rings. The Morgan fingerprint density at radius 3 is 1.77 bits per heavy atom. The first-order chi connectivity index (χ1) is 20.0. The number of hydrogen-bond donors (Lipinski definition) is 4. The summed E-state index contributed by atoms with van der Waals surface area (Å²) in [6, 6.07) is 8.58. The van der Waals surface area contributed by atoms with E-state index in [-0.39, 0.29) is 18.0 Å². The minimum Gasteiger partial charge on any atom is -0.475 e. The van der Waals surface area contributed by atoms with Gasteiger partial charge in [0.05, 0.1) is 30.0 Å². The van der Waals surface area contributed by atoms with Gasteiger partial charge < -0.3 is 21.3 Å². The quantitative estimate of drug-likeness (QED) is 0.305. The van der Waals surface area contributed by atoms with Gasteiger partial charge in [-0.05, 0) is 31.0 Å². The Labute approximate surface area is 238 Å². The highest BCUT2D eigenvalue weighted by atomic mass is 19.4. The average Bonchev–Trinajstić information content (AvgIpc) is 2.94. The van der Waals surface area contributed by atoms with Crippen LogP contribution < -0.4 is 11.1 Å². The number of pyridine rings is 1. The molecule has 17 heteroatoms. The number of hydrogen-bond acceptors (Lipinski definition) is 7. The number of nitrogens with one attached hydrogen (secondary N) is 1. The summed E-state index contributed by atoms with van der Waals surface area (Å²) in [5, 5.41) is 17.3. The second kappa shape index (κ2) is 15.0. The molecule has 1 aromatic carbocycles. The normalized spacial score (nSPS) is 16.5. The van der Waals surface area contributed by atoms with Crippen molar-refractivity contribution < 1.29 is 55.3 Å². The highest BCUT2D eigenvalue weighted by Crippen LogP contribution is 2.23. The van der Waals surface area contributed by atoms with Crippen molar-refractivity contribution in [2.24, 2.45) is 5.73 Å². The van der Waals surface area contributed by atoms with E-state index in [0.717, 1.165) is 37.4 Å². The molecule has 4 rings (SSSR count). The van der Waals surface area contributed by atoms with Crippen LogP contribution in [0.15, 0.2) is 55.1 Å². The van der Waals surface area contributed by atoms with E-state index in [9.17, 15) is 35.5 Å². The van der Waals surface area contributed by atoms with Crippen molar-refractivity contribution in [3.05, 3.63) is 66.5 Å². The third-order valence-corrected chi connectivity index (χ3v) is 5.70. The van der Waals surface area contributed by atoms with Crippen molar-refractivity contribution in [2.75, 3.05) is 0 Å². The van der Waals surface area contributed by atoms with Crippen LogP contribution in [-0.4, -0.2) is 67.4 Å². The van der Waals surface area contributed by atoms with Gasteiger partial charge in [0.2, 0.25) is 0 Å². The lowest BCUT2D eigenvalue weighted by atomic mass is 9.91. The van der Waals surface area contributed by atoms with E-state index in [4.69, 9.17) is 25.5 Å². The first-order valence-corrected chi connectivity index (χ1v) is 12.2. The SMILES string of the molecule is N[C@@H]1CCCC[C@@H]1NC(=O)c1ccc(-c2cncc(-c3cncc(F)c3)n2)cc1.O=C(O)C(F)(F)F.O=C(O)C(F)(F)F. The standard InChI is InChI=1S/C22H22FN5O.2C2HF3O2/c23-17-9-16(10-25-11-17)21-13-26-12-20(27-21)14-5-7-15(8-6-14)22(29)28-19-4-2-1-3-18(19)24;2*3-2(4,5)1(6)7/h5-13,18-19H,1-4,24H2,(H,28,29);2*(H,6,7)/t18-,19+;;/m1../s1. The molecule has 1 aliphatic rings. The Bertz CT molecular complexity index is 1380. The number of alkyl halides is 6. The zero-order valence-corrected chi connectivity index (χ0v) is 21.9. The first-order valence-electron chi connectivity index (χ1n) is 12.2. The Morgan fingerprint density at radius 1 is 0.791 bits per heavy atom. The number of aliphatic carboxylic acids is 2. The second-order valence-corrected chi connectivity index (χ2v) is 8.89. The van der Waals surface area contributed by atoms with E-state index in [0.29, 0.717) is 22.5 Å². The molecule has 2 heterocycles. The number of carboxylic acids is 2. The van der Waals surface area contributed by atoms with Crippen LogP contribution >= 0.6 is 0 Å². The summed E-state index contributed by atoms with van der Waals surface area (Å²) in [5.41, 5.74) is 9.22. The summed E-state index contributed by atoms with van der Waals surface area (Å²) >= 11 is 0. The Morgan fingerprint density at radius 2 is 1.28 bits per heavy atom. The lowest BCUT2D eigenvalue weighted by molar-refractivity contribution is -0.193. The molecule has 1 amide bonds. The van der Waals surface area contributed by atoms with Crippen LogP contribution in [0, 0.1) is 5.82 Å². The number of aromatic nitrogens is 3. The Hall–Kier alpha value is -4.67. The van der Waals surface area contributed by atoms with Crippen LogP contribution in [0.3, 0.4) is 0 Å². The molecule has 2 atom stereocenters. The number of nitrogens with zero attached hydrogens (tertiary/aromatic N) is 3. The van der Waals surface area contributed by atoms with Crippen LogP contribution in [0.2, 0.25) is 0 Å². The van der Waals surface area contributed by atoms with E-state index in [1.807, 2.05) is 12.1 Å². The van der Waals surface area contributed by atoms with Crippen LogP contribution in [0.25, 0.3) is 22.5 Å². The molecule has 2 aromatic heterocycles. The summed E-state index contributed by atoms with van der Waals surface area (Å²) in [6.07, 6.45) is -0.212. The second-order valence-electron chi connectivity index (χ2n) is 8.89. The number of carbonyl (C=O) groups is 3. The maximum Gasteiger partial charge on any atom is 0.490 e. The summed E-state index contributed by atoms with van der Waals surface area (Å²) in [5.74, 6) is -6.06. The minimum absolute atomic E-state index is 0.0160. The minimum atomic E-state index is -5.08. The number of amides is 1. The number of rotatable bonds is 4. The van der Waals surface area contributed by atoms with Gasteiger partial charge in [0.25, 0.3) is 5.91 Å². The van der Waals surface area contributed by atoms with E-state index in [1.54, 1.807) is 30.7 Å². The Balaban J connectivity index is 0.000000384.